The number of benzene rings is 1. The zero-order valence-electron chi connectivity index (χ0n) is 9.19. The molecule has 0 N–H and O–H groups in total. The smallest absolute Gasteiger partial charge is 0.178 e. The average Bonchev–Trinajstić information content (AvgIpc) is 2.36. The lowest BCUT2D eigenvalue weighted by atomic mass is 10.2. The number of hydrogen-bond donors (Lipinski definition) is 0. The Morgan fingerprint density at radius 1 is 1.12 bits per heavy atom. The maximum atomic E-state index is 8.81. The van der Waals surface area contributed by atoms with Crippen molar-refractivity contribution in [2.75, 3.05) is 14.2 Å². The molecule has 0 amide bonds. The summed E-state index contributed by atoms with van der Waals surface area (Å²) in [5.74, 6) is 1.07. The molecule has 0 spiro atoms. The van der Waals surface area contributed by atoms with Gasteiger partial charge in [0.25, 0.3) is 0 Å². The molecule has 0 radical (unpaired) electrons. The summed E-state index contributed by atoms with van der Waals surface area (Å²) >= 11 is 5.80. The van der Waals surface area contributed by atoms with Crippen molar-refractivity contribution in [2.45, 2.75) is 0 Å². The van der Waals surface area contributed by atoms with Gasteiger partial charge in [0.1, 0.15) is 6.07 Å². The maximum Gasteiger partial charge on any atom is 0.178 e. The van der Waals surface area contributed by atoms with Crippen LogP contribution >= 0.6 is 11.6 Å². The summed E-state index contributed by atoms with van der Waals surface area (Å²) in [6, 6.07) is 5.19. The van der Waals surface area contributed by atoms with Crippen LogP contribution in [0.3, 0.4) is 0 Å². The number of nitriles is 1. The molecular formula is C11H8ClN3O2. The summed E-state index contributed by atoms with van der Waals surface area (Å²) in [6.07, 6.45) is 0. The van der Waals surface area contributed by atoms with Gasteiger partial charge in [-0.2, -0.15) is 5.26 Å². The Kier molecular flexibility index (Phi) is 2.98. The number of fused-ring (bicyclic) bond motifs is 1. The largest absolute Gasteiger partial charge is 0.493 e. The number of nitrogens with zero attached hydrogens (tertiary/aromatic N) is 3. The van der Waals surface area contributed by atoms with Crippen molar-refractivity contribution in [1.82, 2.24) is 9.97 Å². The quantitative estimate of drug-likeness (QED) is 0.816. The second-order valence-corrected chi connectivity index (χ2v) is 3.53. The van der Waals surface area contributed by atoms with Gasteiger partial charge in [0, 0.05) is 12.1 Å². The number of halogens is 1. The van der Waals surface area contributed by atoms with Gasteiger partial charge in [-0.05, 0) is 0 Å². The average molecular weight is 250 g/mol. The summed E-state index contributed by atoms with van der Waals surface area (Å²) in [4.78, 5) is 8.16. The molecule has 0 fully saturated rings. The van der Waals surface area contributed by atoms with Crippen molar-refractivity contribution in [1.29, 1.82) is 5.26 Å². The normalized spacial score (nSPS) is 10.0. The van der Waals surface area contributed by atoms with Gasteiger partial charge in [-0.3, -0.25) is 0 Å². The first-order valence-electron chi connectivity index (χ1n) is 4.69. The second kappa shape index (κ2) is 4.44. The molecule has 0 aliphatic rings. The van der Waals surface area contributed by atoms with Gasteiger partial charge in [-0.1, -0.05) is 11.6 Å². The topological polar surface area (TPSA) is 68.0 Å². The molecule has 0 aliphatic carbocycles. The number of methoxy groups -OCH3 is 2. The monoisotopic (exact) mass is 249 g/mol. The Morgan fingerprint density at radius 3 is 2.12 bits per heavy atom. The van der Waals surface area contributed by atoms with Gasteiger partial charge in [-0.15, -0.1) is 0 Å². The van der Waals surface area contributed by atoms with Gasteiger partial charge in [0.2, 0.25) is 0 Å². The van der Waals surface area contributed by atoms with Crippen LogP contribution in [-0.2, 0) is 0 Å². The SMILES string of the molecule is COc1cc2nc(Cl)c(C#N)nc2cc1OC. The van der Waals surface area contributed by atoms with E-state index in [1.807, 2.05) is 6.07 Å². The van der Waals surface area contributed by atoms with Crippen molar-refractivity contribution in [3.63, 3.8) is 0 Å². The molecule has 2 aromatic rings. The van der Waals surface area contributed by atoms with Crippen LogP contribution in [0.2, 0.25) is 5.15 Å². The van der Waals surface area contributed by atoms with Crippen LogP contribution in [-0.4, -0.2) is 24.2 Å². The fourth-order valence-electron chi connectivity index (χ4n) is 1.43. The molecule has 0 atom stereocenters. The summed E-state index contributed by atoms with van der Waals surface area (Å²) in [5, 5.41) is 8.89. The number of ether oxygens (including phenoxy) is 2. The van der Waals surface area contributed by atoms with Crippen LogP contribution in [0.25, 0.3) is 11.0 Å². The standard InChI is InChI=1S/C11H8ClN3O2/c1-16-9-3-6-7(4-10(9)17-2)15-11(12)8(5-13)14-6/h3-4H,1-2H3. The van der Waals surface area contributed by atoms with E-state index in [2.05, 4.69) is 9.97 Å². The molecular weight excluding hydrogens is 242 g/mol. The highest BCUT2D eigenvalue weighted by Crippen LogP contribution is 2.31. The molecule has 6 heteroatoms. The third kappa shape index (κ3) is 1.95. The first-order valence-corrected chi connectivity index (χ1v) is 5.06. The fourth-order valence-corrected chi connectivity index (χ4v) is 1.61. The molecule has 0 unspecified atom stereocenters. The van der Waals surface area contributed by atoms with E-state index in [-0.39, 0.29) is 10.8 Å². The minimum Gasteiger partial charge on any atom is -0.493 e. The van der Waals surface area contributed by atoms with Gasteiger partial charge >= 0.3 is 0 Å². The van der Waals surface area contributed by atoms with Gasteiger partial charge < -0.3 is 9.47 Å². The van der Waals surface area contributed by atoms with Crippen molar-refractivity contribution >= 4 is 22.6 Å². The molecule has 0 bridgehead atoms. The van der Waals surface area contributed by atoms with Gasteiger partial charge in [-0.25, -0.2) is 9.97 Å². The third-order valence-corrected chi connectivity index (χ3v) is 2.50. The highest BCUT2D eigenvalue weighted by Gasteiger charge is 2.11. The number of hydrogen-bond acceptors (Lipinski definition) is 5. The highest BCUT2D eigenvalue weighted by atomic mass is 35.5. The predicted molar refractivity (Wildman–Crippen MR) is 62.4 cm³/mol. The molecule has 0 aliphatic heterocycles. The minimum absolute atomic E-state index is 0.0761. The number of rotatable bonds is 2. The first-order chi connectivity index (χ1) is 8.19. The molecule has 0 saturated carbocycles. The zero-order valence-corrected chi connectivity index (χ0v) is 9.95. The van der Waals surface area contributed by atoms with E-state index in [1.54, 1.807) is 12.1 Å². The molecule has 1 aromatic heterocycles. The summed E-state index contributed by atoms with van der Waals surface area (Å²) < 4.78 is 10.3. The highest BCUT2D eigenvalue weighted by molar-refractivity contribution is 6.30. The second-order valence-electron chi connectivity index (χ2n) is 3.17. The van der Waals surface area contributed by atoms with Crippen molar-refractivity contribution in [3.8, 4) is 17.6 Å². The molecule has 17 heavy (non-hydrogen) atoms. The van der Waals surface area contributed by atoms with Crippen molar-refractivity contribution in [2.24, 2.45) is 0 Å². The van der Waals surface area contributed by atoms with E-state index in [1.165, 1.54) is 14.2 Å². The van der Waals surface area contributed by atoms with E-state index in [0.29, 0.717) is 22.5 Å². The Balaban J connectivity index is 2.75. The lowest BCUT2D eigenvalue weighted by molar-refractivity contribution is 0.355. The zero-order chi connectivity index (χ0) is 12.4. The van der Waals surface area contributed by atoms with Crippen LogP contribution in [0, 0.1) is 11.3 Å². The summed E-state index contributed by atoms with van der Waals surface area (Å²) in [7, 11) is 3.06. The van der Waals surface area contributed by atoms with Crippen LogP contribution in [0.5, 0.6) is 11.5 Å². The maximum absolute atomic E-state index is 8.81. The molecule has 1 heterocycles. The van der Waals surface area contributed by atoms with Crippen molar-refractivity contribution < 1.29 is 9.47 Å². The lowest BCUT2D eigenvalue weighted by Crippen LogP contribution is -1.95. The molecule has 1 aromatic carbocycles. The molecule has 86 valence electrons. The van der Waals surface area contributed by atoms with Crippen LogP contribution in [0.1, 0.15) is 5.69 Å². The van der Waals surface area contributed by atoms with E-state index in [0.717, 1.165) is 0 Å². The van der Waals surface area contributed by atoms with Crippen molar-refractivity contribution in [3.05, 3.63) is 23.0 Å². The summed E-state index contributed by atoms with van der Waals surface area (Å²) in [6.45, 7) is 0. The predicted octanol–water partition coefficient (Wildman–Crippen LogP) is 2.17. The Hall–Kier alpha value is -2.06. The summed E-state index contributed by atoms with van der Waals surface area (Å²) in [5.41, 5.74) is 1.17. The van der Waals surface area contributed by atoms with Gasteiger partial charge in [0.05, 0.1) is 25.3 Å². The van der Waals surface area contributed by atoms with E-state index < -0.39 is 0 Å². The van der Waals surface area contributed by atoms with E-state index in [9.17, 15) is 0 Å². The minimum atomic E-state index is 0.0761. The molecule has 5 nitrogen and oxygen atoms in total. The number of aromatic nitrogens is 2. The van der Waals surface area contributed by atoms with Crippen LogP contribution in [0.4, 0.5) is 0 Å². The van der Waals surface area contributed by atoms with Crippen LogP contribution < -0.4 is 9.47 Å². The molecule has 2 rings (SSSR count). The fraction of sp³-hybridized carbons (Fsp3) is 0.182. The van der Waals surface area contributed by atoms with Crippen LogP contribution in [0.15, 0.2) is 12.1 Å². The third-order valence-electron chi connectivity index (χ3n) is 2.23. The lowest BCUT2D eigenvalue weighted by Gasteiger charge is -2.08. The Labute approximate surface area is 103 Å². The molecule has 0 saturated heterocycles. The van der Waals surface area contributed by atoms with Gasteiger partial charge in [0.15, 0.2) is 22.3 Å². The van der Waals surface area contributed by atoms with E-state index >= 15 is 0 Å². The Morgan fingerprint density at radius 2 is 1.65 bits per heavy atom. The van der Waals surface area contributed by atoms with E-state index in [4.69, 9.17) is 26.3 Å². The Bertz CT molecular complexity index is 622. The first kappa shape index (κ1) is 11.4.